The molecule has 3 aromatic carbocycles. The van der Waals surface area contributed by atoms with Crippen LogP contribution in [0.4, 0.5) is 0 Å². The fraction of sp³-hybridized carbons (Fsp3) is 0.373. The third kappa shape index (κ3) is 10.8. The van der Waals surface area contributed by atoms with E-state index in [0.29, 0.717) is 97.4 Å². The van der Waals surface area contributed by atoms with Crippen molar-refractivity contribution in [1.29, 1.82) is 0 Å². The molecule has 19 nitrogen and oxygen atoms in total. The maximum absolute atomic E-state index is 13.7. The molecule has 1 saturated heterocycles. The van der Waals surface area contributed by atoms with Gasteiger partial charge in [-0.05, 0) is 42.0 Å². The maximum atomic E-state index is 13.7. The van der Waals surface area contributed by atoms with Crippen molar-refractivity contribution in [2.24, 2.45) is 7.05 Å². The molecule has 0 radical (unpaired) electrons. The molecule has 1 fully saturated rings. The smallest absolute Gasteiger partial charge is 0.281 e. The topological polar surface area (TPSA) is 238 Å². The highest BCUT2D eigenvalue weighted by Gasteiger charge is 2.35. The van der Waals surface area contributed by atoms with Gasteiger partial charge in [0.2, 0.25) is 23.6 Å². The number of amides is 4. The number of aryl methyl sites for hydroxylation is 1. The first-order chi connectivity index (χ1) is 34.7. The number of carbonyl (C=O) groups is 4. The molecule has 0 saturated carbocycles. The number of aliphatic hydroxyl groups is 2. The fourth-order valence-corrected chi connectivity index (χ4v) is 10.1. The minimum Gasteiger partial charge on any atom is -0.388 e. The standard InChI is InChI=1S/C51H56Cl2N12O7/c1-31(33-6-4-3-5-7-33)22-42(69)62-19-14-51(72,15-20-62)29-64-30-57-47-48(50(64)71)60-61(2)49(47)34-10-8-32(9-11-34)24-54-25-40(67)56-26-41(68)55-16-21-65-18-13-39(59-65)35-23-37(52)45(53)46-44(35)36-27-63(43(70)28-66)17-12-38(36)58-46/h3-11,13,18,23,30-31,54,58,66,72H,12,14-17,19-22,24-29H2,1-2H3,(H,55,68)(H,56,67)/t31-/m1/s1. The molecule has 2 aliphatic heterocycles. The van der Waals surface area contributed by atoms with Gasteiger partial charge in [-0.1, -0.05) is 84.7 Å². The molecular formula is C51H56Cl2N12O7. The van der Waals surface area contributed by atoms with Gasteiger partial charge < -0.3 is 40.9 Å². The molecule has 376 valence electrons. The maximum Gasteiger partial charge on any atom is 0.281 e. The van der Waals surface area contributed by atoms with Crippen molar-refractivity contribution in [3.63, 3.8) is 0 Å². The SMILES string of the molecule is C[C@H](CC(=O)N1CCC(O)(Cn2cnc3c(-c4ccc(CNCC(=O)NCC(=O)NCCn5ccc(-c6cc(Cl)c(Cl)c7[nH]c8c(c67)CN(C(=O)CO)CC8)n5)cc4)n(C)nc3c2=O)CC1)c1ccccc1. The minimum atomic E-state index is -1.18. The Bertz CT molecular complexity index is 3210. The van der Waals surface area contributed by atoms with Crippen molar-refractivity contribution >= 4 is 68.8 Å². The second-order valence-electron chi connectivity index (χ2n) is 18.6. The Balaban J connectivity index is 0.715. The quantitative estimate of drug-likeness (QED) is 0.0766. The van der Waals surface area contributed by atoms with Crippen LogP contribution in [0.1, 0.15) is 54.5 Å². The Morgan fingerprint density at radius 3 is 2.40 bits per heavy atom. The normalized spacial score (nSPS) is 14.9. The highest BCUT2D eigenvalue weighted by Crippen LogP contribution is 2.42. The summed E-state index contributed by atoms with van der Waals surface area (Å²) in [4.78, 5) is 75.8. The number of rotatable bonds is 17. The number of nitrogens with zero attached hydrogens (tertiary/aromatic N) is 8. The third-order valence-corrected chi connectivity index (χ3v) is 14.5. The molecule has 7 aromatic rings. The molecule has 0 unspecified atom stereocenters. The van der Waals surface area contributed by atoms with Gasteiger partial charge in [0.15, 0.2) is 5.52 Å². The zero-order valence-electron chi connectivity index (χ0n) is 40.0. The number of halogens is 2. The van der Waals surface area contributed by atoms with Gasteiger partial charge in [0, 0.05) is 93.1 Å². The van der Waals surface area contributed by atoms with Crippen LogP contribution in [0.5, 0.6) is 0 Å². The molecule has 6 N–H and O–H groups in total. The molecule has 72 heavy (non-hydrogen) atoms. The van der Waals surface area contributed by atoms with Gasteiger partial charge in [0.05, 0.1) is 65.1 Å². The third-order valence-electron chi connectivity index (χ3n) is 13.7. The predicted molar refractivity (Wildman–Crippen MR) is 272 cm³/mol. The molecule has 2 aliphatic rings. The lowest BCUT2D eigenvalue weighted by Crippen LogP contribution is -2.49. The van der Waals surface area contributed by atoms with E-state index in [4.69, 9.17) is 28.3 Å². The van der Waals surface area contributed by atoms with Crippen molar-refractivity contribution in [3.05, 3.63) is 122 Å². The monoisotopic (exact) mass is 1020 g/mol. The van der Waals surface area contributed by atoms with Gasteiger partial charge in [-0.25, -0.2) is 4.98 Å². The van der Waals surface area contributed by atoms with Crippen LogP contribution in [0.15, 0.2) is 84.0 Å². The first-order valence-corrected chi connectivity index (χ1v) is 24.7. The Morgan fingerprint density at radius 2 is 1.65 bits per heavy atom. The fourth-order valence-electron chi connectivity index (χ4n) is 9.67. The van der Waals surface area contributed by atoms with Gasteiger partial charge >= 0.3 is 0 Å². The van der Waals surface area contributed by atoms with Crippen LogP contribution in [0.25, 0.3) is 44.5 Å². The van der Waals surface area contributed by atoms with E-state index in [1.54, 1.807) is 38.5 Å². The van der Waals surface area contributed by atoms with Crippen molar-refractivity contribution in [1.82, 2.24) is 59.8 Å². The summed E-state index contributed by atoms with van der Waals surface area (Å²) < 4.78 is 4.71. The van der Waals surface area contributed by atoms with E-state index in [1.165, 1.54) is 10.9 Å². The summed E-state index contributed by atoms with van der Waals surface area (Å²) in [7, 11) is 1.75. The molecule has 0 spiro atoms. The van der Waals surface area contributed by atoms with E-state index >= 15 is 0 Å². The van der Waals surface area contributed by atoms with Crippen LogP contribution in [0, 0.1) is 0 Å². The summed E-state index contributed by atoms with van der Waals surface area (Å²) in [6.45, 7) is 3.85. The van der Waals surface area contributed by atoms with Gasteiger partial charge in [-0.15, -0.1) is 0 Å². The van der Waals surface area contributed by atoms with Crippen LogP contribution in [0.3, 0.4) is 0 Å². The lowest BCUT2D eigenvalue weighted by molar-refractivity contribution is -0.136. The number of benzene rings is 3. The van der Waals surface area contributed by atoms with Crippen LogP contribution >= 0.6 is 23.2 Å². The van der Waals surface area contributed by atoms with E-state index < -0.39 is 12.2 Å². The summed E-state index contributed by atoms with van der Waals surface area (Å²) in [6.07, 6.45) is 4.87. The molecule has 0 aliphatic carbocycles. The Hall–Kier alpha value is -6.90. The van der Waals surface area contributed by atoms with E-state index in [2.05, 4.69) is 31.0 Å². The molecule has 0 bridgehead atoms. The van der Waals surface area contributed by atoms with Crippen LogP contribution in [-0.4, -0.2) is 129 Å². The molecule has 9 rings (SSSR count). The number of fused-ring (bicyclic) bond motifs is 4. The first kappa shape index (κ1) is 50.1. The molecular weight excluding hydrogens is 964 g/mol. The number of carbonyl (C=O) groups excluding carboxylic acids is 4. The number of nitrogens with one attached hydrogen (secondary N) is 4. The number of H-pyrrole nitrogens is 1. The minimum absolute atomic E-state index is 0.0185. The molecule has 6 heterocycles. The number of aliphatic hydroxyl groups excluding tert-OH is 1. The second-order valence-corrected chi connectivity index (χ2v) is 19.4. The zero-order chi connectivity index (χ0) is 50.7. The van der Waals surface area contributed by atoms with Crippen molar-refractivity contribution < 1.29 is 29.4 Å². The second kappa shape index (κ2) is 21.4. The predicted octanol–water partition coefficient (Wildman–Crippen LogP) is 3.90. The summed E-state index contributed by atoms with van der Waals surface area (Å²) >= 11 is 13.2. The van der Waals surface area contributed by atoms with E-state index in [9.17, 15) is 34.2 Å². The van der Waals surface area contributed by atoms with Gasteiger partial charge in [-0.2, -0.15) is 10.2 Å². The van der Waals surface area contributed by atoms with Crippen molar-refractivity contribution in [3.8, 4) is 22.5 Å². The Morgan fingerprint density at radius 1 is 0.903 bits per heavy atom. The number of hydrogen-bond donors (Lipinski definition) is 6. The molecule has 4 amide bonds. The lowest BCUT2D eigenvalue weighted by atomic mass is 9.90. The van der Waals surface area contributed by atoms with E-state index in [1.807, 2.05) is 67.6 Å². The summed E-state index contributed by atoms with van der Waals surface area (Å²) in [5.41, 5.74) is 6.40. The highest BCUT2D eigenvalue weighted by atomic mass is 35.5. The Kier molecular flexibility index (Phi) is 14.9. The van der Waals surface area contributed by atoms with Gasteiger partial charge in [-0.3, -0.25) is 37.9 Å². The van der Waals surface area contributed by atoms with Crippen LogP contribution in [-0.2, 0) is 58.8 Å². The lowest BCUT2D eigenvalue weighted by Gasteiger charge is -2.38. The first-order valence-electron chi connectivity index (χ1n) is 23.9. The van der Waals surface area contributed by atoms with Gasteiger partial charge in [0.25, 0.3) is 5.56 Å². The van der Waals surface area contributed by atoms with Crippen LogP contribution < -0.4 is 21.5 Å². The number of hydrogen-bond acceptors (Lipinski definition) is 11. The zero-order valence-corrected chi connectivity index (χ0v) is 41.5. The average Bonchev–Trinajstić information content (AvgIpc) is 4.11. The number of aromatic amines is 1. The van der Waals surface area contributed by atoms with Crippen molar-refractivity contribution in [2.45, 2.75) is 70.3 Å². The molecule has 4 aromatic heterocycles. The number of aromatic nitrogens is 7. The number of piperidine rings is 1. The van der Waals surface area contributed by atoms with E-state index in [-0.39, 0.29) is 66.8 Å². The molecule has 1 atom stereocenters. The Labute approximate surface area is 424 Å². The number of likely N-dealkylation sites (tertiary alicyclic amines) is 1. The van der Waals surface area contributed by atoms with E-state index in [0.717, 1.165) is 38.9 Å². The largest absolute Gasteiger partial charge is 0.388 e. The highest BCUT2D eigenvalue weighted by molar-refractivity contribution is 6.45. The summed E-state index contributed by atoms with van der Waals surface area (Å²) in [6, 6.07) is 21.1. The summed E-state index contributed by atoms with van der Waals surface area (Å²) in [5.74, 6) is -0.929. The van der Waals surface area contributed by atoms with Crippen LogP contribution in [0.2, 0.25) is 10.0 Å². The average molecular weight is 1020 g/mol. The summed E-state index contributed by atoms with van der Waals surface area (Å²) in [5, 5.41) is 40.3. The van der Waals surface area contributed by atoms with Crippen molar-refractivity contribution in [2.75, 3.05) is 45.9 Å². The van der Waals surface area contributed by atoms with Gasteiger partial charge in [0.1, 0.15) is 12.1 Å². The molecule has 21 heteroatoms.